The SMILES string of the molecule is COc1ccc(CN2C(=O)C(C)(C)c3ccc(C)cc32)cc1. The Morgan fingerprint density at radius 3 is 2.41 bits per heavy atom. The molecule has 2 aromatic carbocycles. The number of methoxy groups -OCH3 is 1. The molecule has 0 fully saturated rings. The van der Waals surface area contributed by atoms with Gasteiger partial charge in [-0.2, -0.15) is 0 Å². The molecule has 0 bridgehead atoms. The van der Waals surface area contributed by atoms with Crippen molar-refractivity contribution in [3.8, 4) is 5.75 Å². The van der Waals surface area contributed by atoms with Crippen molar-refractivity contribution in [1.29, 1.82) is 0 Å². The molecule has 1 aliphatic rings. The molecule has 114 valence electrons. The lowest BCUT2D eigenvalue weighted by Gasteiger charge is -2.20. The Hall–Kier alpha value is -2.29. The molecule has 0 saturated carbocycles. The molecule has 0 N–H and O–H groups in total. The molecule has 0 saturated heterocycles. The van der Waals surface area contributed by atoms with Gasteiger partial charge in [0.15, 0.2) is 0 Å². The summed E-state index contributed by atoms with van der Waals surface area (Å²) in [6.07, 6.45) is 0. The lowest BCUT2D eigenvalue weighted by molar-refractivity contribution is -0.122. The van der Waals surface area contributed by atoms with E-state index in [1.54, 1.807) is 7.11 Å². The number of carbonyl (C=O) groups excluding carboxylic acids is 1. The fraction of sp³-hybridized carbons (Fsp3) is 0.316. The molecule has 0 aliphatic carbocycles. The van der Waals surface area contributed by atoms with E-state index in [1.165, 1.54) is 5.56 Å². The van der Waals surface area contributed by atoms with Crippen LogP contribution in [0.3, 0.4) is 0 Å². The molecule has 3 nitrogen and oxygen atoms in total. The number of hydrogen-bond donors (Lipinski definition) is 0. The van der Waals surface area contributed by atoms with Gasteiger partial charge in [-0.05, 0) is 55.7 Å². The van der Waals surface area contributed by atoms with Crippen LogP contribution in [0.15, 0.2) is 42.5 Å². The van der Waals surface area contributed by atoms with E-state index in [4.69, 9.17) is 4.74 Å². The van der Waals surface area contributed by atoms with Gasteiger partial charge in [-0.25, -0.2) is 0 Å². The number of fused-ring (bicyclic) bond motifs is 1. The Balaban J connectivity index is 1.97. The number of nitrogens with zero attached hydrogens (tertiary/aromatic N) is 1. The molecule has 1 amide bonds. The van der Waals surface area contributed by atoms with Gasteiger partial charge in [0.2, 0.25) is 5.91 Å². The summed E-state index contributed by atoms with van der Waals surface area (Å²) in [6.45, 7) is 6.64. The van der Waals surface area contributed by atoms with Crippen LogP contribution in [-0.4, -0.2) is 13.0 Å². The summed E-state index contributed by atoms with van der Waals surface area (Å²) in [6, 6.07) is 14.1. The van der Waals surface area contributed by atoms with Gasteiger partial charge in [-0.15, -0.1) is 0 Å². The van der Waals surface area contributed by atoms with E-state index in [2.05, 4.69) is 25.1 Å². The number of carbonyl (C=O) groups is 1. The lowest BCUT2D eigenvalue weighted by atomic mass is 9.86. The first kappa shape index (κ1) is 14.6. The monoisotopic (exact) mass is 295 g/mol. The first-order valence-electron chi connectivity index (χ1n) is 7.49. The van der Waals surface area contributed by atoms with Crippen LogP contribution in [0.4, 0.5) is 5.69 Å². The van der Waals surface area contributed by atoms with Crippen LogP contribution >= 0.6 is 0 Å². The zero-order chi connectivity index (χ0) is 15.9. The van der Waals surface area contributed by atoms with Crippen molar-refractivity contribution in [3.63, 3.8) is 0 Å². The van der Waals surface area contributed by atoms with E-state index < -0.39 is 5.41 Å². The first-order valence-corrected chi connectivity index (χ1v) is 7.49. The zero-order valence-corrected chi connectivity index (χ0v) is 13.5. The second kappa shape index (κ2) is 5.16. The number of rotatable bonds is 3. The highest BCUT2D eigenvalue weighted by atomic mass is 16.5. The van der Waals surface area contributed by atoms with Crippen LogP contribution in [0.2, 0.25) is 0 Å². The second-order valence-corrected chi connectivity index (χ2v) is 6.38. The molecule has 22 heavy (non-hydrogen) atoms. The molecule has 1 aliphatic heterocycles. The third-order valence-corrected chi connectivity index (χ3v) is 4.40. The highest BCUT2D eigenvalue weighted by Gasteiger charge is 2.43. The second-order valence-electron chi connectivity index (χ2n) is 6.38. The Labute approximate surface area is 131 Å². The van der Waals surface area contributed by atoms with Gasteiger partial charge < -0.3 is 9.64 Å². The molecule has 1 heterocycles. The van der Waals surface area contributed by atoms with E-state index in [0.29, 0.717) is 6.54 Å². The van der Waals surface area contributed by atoms with Crippen LogP contribution in [0.5, 0.6) is 5.75 Å². The largest absolute Gasteiger partial charge is 0.497 e. The van der Waals surface area contributed by atoms with Crippen molar-refractivity contribution in [2.75, 3.05) is 12.0 Å². The fourth-order valence-corrected chi connectivity index (χ4v) is 3.03. The Bertz CT molecular complexity index is 717. The summed E-state index contributed by atoms with van der Waals surface area (Å²) in [5.41, 5.74) is 3.95. The number of anilines is 1. The van der Waals surface area contributed by atoms with E-state index in [1.807, 2.05) is 43.0 Å². The van der Waals surface area contributed by atoms with Crippen LogP contribution in [0, 0.1) is 6.92 Å². The predicted molar refractivity (Wildman–Crippen MR) is 88.4 cm³/mol. The van der Waals surface area contributed by atoms with Gasteiger partial charge in [-0.3, -0.25) is 4.79 Å². The Morgan fingerprint density at radius 2 is 1.77 bits per heavy atom. The maximum Gasteiger partial charge on any atom is 0.237 e. The van der Waals surface area contributed by atoms with E-state index in [9.17, 15) is 4.79 Å². The first-order chi connectivity index (χ1) is 10.4. The number of hydrogen-bond acceptors (Lipinski definition) is 2. The molecule has 3 heteroatoms. The highest BCUT2D eigenvalue weighted by Crippen LogP contribution is 2.42. The number of benzene rings is 2. The average molecular weight is 295 g/mol. The molecule has 0 aromatic heterocycles. The van der Waals surface area contributed by atoms with Gasteiger partial charge in [0.05, 0.1) is 19.1 Å². The molecule has 0 radical (unpaired) electrons. The van der Waals surface area contributed by atoms with E-state index in [-0.39, 0.29) is 5.91 Å². The number of amides is 1. The molecule has 0 atom stereocenters. The zero-order valence-electron chi connectivity index (χ0n) is 13.5. The molecule has 2 aromatic rings. The maximum absolute atomic E-state index is 12.8. The predicted octanol–water partition coefficient (Wildman–Crippen LogP) is 3.83. The van der Waals surface area contributed by atoms with E-state index >= 15 is 0 Å². The van der Waals surface area contributed by atoms with Crippen molar-refractivity contribution in [2.45, 2.75) is 32.7 Å². The van der Waals surface area contributed by atoms with Gasteiger partial charge >= 0.3 is 0 Å². The summed E-state index contributed by atoms with van der Waals surface area (Å²) in [4.78, 5) is 14.7. The molecular weight excluding hydrogens is 274 g/mol. The van der Waals surface area contributed by atoms with Crippen molar-refractivity contribution >= 4 is 11.6 Å². The van der Waals surface area contributed by atoms with Crippen LogP contribution in [0.1, 0.15) is 30.5 Å². The summed E-state index contributed by atoms with van der Waals surface area (Å²) in [5.74, 6) is 0.983. The van der Waals surface area contributed by atoms with Gasteiger partial charge in [0, 0.05) is 5.69 Å². The van der Waals surface area contributed by atoms with Gasteiger partial charge in [0.25, 0.3) is 0 Å². The van der Waals surface area contributed by atoms with Gasteiger partial charge in [0.1, 0.15) is 5.75 Å². The smallest absolute Gasteiger partial charge is 0.237 e. The standard InChI is InChI=1S/C19H21NO2/c1-13-5-10-16-17(11-13)20(18(21)19(16,2)3)12-14-6-8-15(22-4)9-7-14/h5-11H,12H2,1-4H3. The molecule has 0 spiro atoms. The average Bonchev–Trinajstić information content (AvgIpc) is 2.69. The minimum atomic E-state index is -0.463. The fourth-order valence-electron chi connectivity index (χ4n) is 3.03. The van der Waals surface area contributed by atoms with Crippen molar-refractivity contribution in [2.24, 2.45) is 0 Å². The topological polar surface area (TPSA) is 29.5 Å². The lowest BCUT2D eigenvalue weighted by Crippen LogP contribution is -2.35. The minimum absolute atomic E-state index is 0.156. The normalized spacial score (nSPS) is 15.8. The Kier molecular flexibility index (Phi) is 3.44. The highest BCUT2D eigenvalue weighted by molar-refractivity contribution is 6.07. The quantitative estimate of drug-likeness (QED) is 0.861. The van der Waals surface area contributed by atoms with Crippen LogP contribution in [0.25, 0.3) is 0 Å². The minimum Gasteiger partial charge on any atom is -0.497 e. The van der Waals surface area contributed by atoms with Gasteiger partial charge in [-0.1, -0.05) is 24.3 Å². The molecular formula is C19H21NO2. The number of ether oxygens (including phenoxy) is 1. The third-order valence-electron chi connectivity index (χ3n) is 4.40. The third kappa shape index (κ3) is 2.27. The summed E-state index contributed by atoms with van der Waals surface area (Å²) >= 11 is 0. The van der Waals surface area contributed by atoms with Crippen LogP contribution < -0.4 is 9.64 Å². The summed E-state index contributed by atoms with van der Waals surface area (Å²) < 4.78 is 5.18. The number of aryl methyl sites for hydroxylation is 1. The van der Waals surface area contributed by atoms with Crippen molar-refractivity contribution in [1.82, 2.24) is 0 Å². The molecule has 0 unspecified atom stereocenters. The maximum atomic E-state index is 12.8. The van der Waals surface area contributed by atoms with Crippen molar-refractivity contribution in [3.05, 3.63) is 59.2 Å². The summed E-state index contributed by atoms with van der Waals surface area (Å²) in [7, 11) is 1.65. The van der Waals surface area contributed by atoms with Crippen molar-refractivity contribution < 1.29 is 9.53 Å². The van der Waals surface area contributed by atoms with Crippen LogP contribution in [-0.2, 0) is 16.8 Å². The summed E-state index contributed by atoms with van der Waals surface area (Å²) in [5, 5.41) is 0. The Morgan fingerprint density at radius 1 is 1.09 bits per heavy atom. The molecule has 3 rings (SSSR count). The van der Waals surface area contributed by atoms with E-state index in [0.717, 1.165) is 22.6 Å².